The van der Waals surface area contributed by atoms with Gasteiger partial charge in [-0.3, -0.25) is 19.1 Å². The molecule has 0 unspecified atom stereocenters. The standard InChI is InChI=1S/C22H23ClFN5O3S/c1-21(12-33(30,31)22(20(25)29-21)5-7-32-11-22)16-9-15(2-3-17(16)24)28-19-18-13(4-6-26-19)8-14(23)10-27-18/h2-4,6,8-10,30-31H,5,7,11-12H2,1H3,(H2,25,29)(H,26,28)/t21-,22+/m0/s1. The quantitative estimate of drug-likeness (QED) is 0.419. The molecule has 2 atom stereocenters. The van der Waals surface area contributed by atoms with Crippen LogP contribution in [0.2, 0.25) is 5.02 Å². The van der Waals surface area contributed by atoms with Crippen LogP contribution in [0.25, 0.3) is 10.9 Å². The Labute approximate surface area is 196 Å². The summed E-state index contributed by atoms with van der Waals surface area (Å²) < 4.78 is 41.4. The van der Waals surface area contributed by atoms with E-state index in [-0.39, 0.29) is 23.8 Å². The van der Waals surface area contributed by atoms with Crippen molar-refractivity contribution < 1.29 is 18.2 Å². The molecule has 5 rings (SSSR count). The van der Waals surface area contributed by atoms with Crippen molar-refractivity contribution in [2.24, 2.45) is 10.7 Å². The van der Waals surface area contributed by atoms with Crippen molar-refractivity contribution in [3.8, 4) is 0 Å². The number of hydrogen-bond acceptors (Lipinski definition) is 8. The molecule has 33 heavy (non-hydrogen) atoms. The minimum atomic E-state index is -3.25. The molecule has 11 heteroatoms. The molecular weight excluding hydrogens is 469 g/mol. The molecule has 2 aromatic heterocycles. The fourth-order valence-electron chi connectivity index (χ4n) is 4.52. The average molecular weight is 492 g/mol. The first-order chi connectivity index (χ1) is 15.6. The number of aromatic nitrogens is 2. The van der Waals surface area contributed by atoms with Gasteiger partial charge in [0.1, 0.15) is 27.5 Å². The Morgan fingerprint density at radius 2 is 2.06 bits per heavy atom. The van der Waals surface area contributed by atoms with Gasteiger partial charge in [0.15, 0.2) is 5.82 Å². The molecular formula is C22H23ClFN5O3S. The van der Waals surface area contributed by atoms with Crippen LogP contribution >= 0.6 is 22.2 Å². The molecule has 0 saturated carbocycles. The number of nitrogens with one attached hydrogen (secondary N) is 1. The van der Waals surface area contributed by atoms with Gasteiger partial charge < -0.3 is 15.8 Å². The monoisotopic (exact) mass is 491 g/mol. The molecule has 4 heterocycles. The molecule has 0 amide bonds. The third-order valence-electron chi connectivity index (χ3n) is 6.30. The molecule has 0 bridgehead atoms. The highest BCUT2D eigenvalue weighted by molar-refractivity contribution is 8.26. The molecule has 1 saturated heterocycles. The van der Waals surface area contributed by atoms with E-state index in [9.17, 15) is 9.11 Å². The van der Waals surface area contributed by atoms with Gasteiger partial charge in [0, 0.05) is 42.1 Å². The van der Waals surface area contributed by atoms with Crippen LogP contribution < -0.4 is 11.1 Å². The van der Waals surface area contributed by atoms with E-state index in [1.165, 1.54) is 12.3 Å². The molecule has 0 radical (unpaired) electrons. The summed E-state index contributed by atoms with van der Waals surface area (Å²) >= 11 is 6.04. The maximum Gasteiger partial charge on any atom is 0.156 e. The number of anilines is 2. The van der Waals surface area contributed by atoms with E-state index in [4.69, 9.17) is 22.1 Å². The first-order valence-corrected chi connectivity index (χ1v) is 12.4. The van der Waals surface area contributed by atoms with Crippen LogP contribution in [0.15, 0.2) is 47.7 Å². The zero-order chi connectivity index (χ0) is 23.4. The zero-order valence-electron chi connectivity index (χ0n) is 17.8. The van der Waals surface area contributed by atoms with E-state index < -0.39 is 26.7 Å². The number of fused-ring (bicyclic) bond motifs is 1. The third kappa shape index (κ3) is 3.62. The Balaban J connectivity index is 1.54. The van der Waals surface area contributed by atoms with E-state index in [1.807, 2.05) is 0 Å². The lowest BCUT2D eigenvalue weighted by molar-refractivity contribution is 0.193. The number of nitrogens with zero attached hydrogens (tertiary/aromatic N) is 3. The van der Waals surface area contributed by atoms with Gasteiger partial charge in [0.2, 0.25) is 0 Å². The first-order valence-electron chi connectivity index (χ1n) is 10.3. The maximum absolute atomic E-state index is 15.0. The Bertz CT molecular complexity index is 1280. The highest BCUT2D eigenvalue weighted by Gasteiger charge is 2.56. The fraction of sp³-hybridized carbons (Fsp3) is 0.318. The van der Waals surface area contributed by atoms with Crippen molar-refractivity contribution in [3.05, 3.63) is 59.1 Å². The van der Waals surface area contributed by atoms with E-state index in [0.29, 0.717) is 35.1 Å². The number of benzene rings is 1. The summed E-state index contributed by atoms with van der Waals surface area (Å²) in [4.78, 5) is 13.3. The first kappa shape index (κ1) is 22.3. The summed E-state index contributed by atoms with van der Waals surface area (Å²) in [5.41, 5.74) is 6.33. The summed E-state index contributed by atoms with van der Waals surface area (Å²) in [7, 11) is -3.25. The van der Waals surface area contributed by atoms with Crippen molar-refractivity contribution >= 4 is 50.4 Å². The lowest BCUT2D eigenvalue weighted by Crippen LogP contribution is -2.56. The molecule has 0 aliphatic carbocycles. The molecule has 174 valence electrons. The summed E-state index contributed by atoms with van der Waals surface area (Å²) in [6.45, 7) is 2.11. The van der Waals surface area contributed by atoms with Gasteiger partial charge in [-0.15, -0.1) is 0 Å². The molecule has 3 aromatic rings. The Hall–Kier alpha value is -2.50. The summed E-state index contributed by atoms with van der Waals surface area (Å²) in [6.07, 6.45) is 3.52. The molecule has 8 nitrogen and oxygen atoms in total. The number of rotatable bonds is 3. The minimum Gasteiger partial charge on any atom is -0.386 e. The van der Waals surface area contributed by atoms with Gasteiger partial charge in [-0.05, 0) is 37.3 Å². The van der Waals surface area contributed by atoms with Gasteiger partial charge in [-0.1, -0.05) is 11.6 Å². The Morgan fingerprint density at radius 3 is 2.79 bits per heavy atom. The van der Waals surface area contributed by atoms with Crippen molar-refractivity contribution in [2.45, 2.75) is 23.6 Å². The fourth-order valence-corrected chi connectivity index (χ4v) is 7.03. The van der Waals surface area contributed by atoms with Crippen LogP contribution in [0.1, 0.15) is 18.9 Å². The van der Waals surface area contributed by atoms with E-state index in [0.717, 1.165) is 5.39 Å². The van der Waals surface area contributed by atoms with Gasteiger partial charge in [0.05, 0.1) is 17.4 Å². The number of hydrogen-bond donors (Lipinski definition) is 4. The van der Waals surface area contributed by atoms with Crippen LogP contribution in [0.3, 0.4) is 0 Å². The highest BCUT2D eigenvalue weighted by atomic mass is 35.5. The SMILES string of the molecule is C[C@@]1(c2cc(Nc3nccc4cc(Cl)cnc34)ccc2F)CS(O)(O)[C@@]2(CCOC2)C(N)=N1. The average Bonchev–Trinajstić information content (AvgIpc) is 3.26. The topological polar surface area (TPSA) is 126 Å². The molecule has 5 N–H and O–H groups in total. The second-order valence-corrected chi connectivity index (χ2v) is 11.4. The van der Waals surface area contributed by atoms with Crippen molar-refractivity contribution in [3.63, 3.8) is 0 Å². The lowest BCUT2D eigenvalue weighted by Gasteiger charge is -2.54. The minimum absolute atomic E-state index is 0.0864. The van der Waals surface area contributed by atoms with Gasteiger partial charge in [-0.2, -0.15) is 10.6 Å². The van der Waals surface area contributed by atoms with E-state index in [2.05, 4.69) is 20.3 Å². The Morgan fingerprint density at radius 1 is 1.24 bits per heavy atom. The van der Waals surface area contributed by atoms with E-state index >= 15 is 4.39 Å². The number of ether oxygens (including phenoxy) is 1. The van der Waals surface area contributed by atoms with Crippen molar-refractivity contribution in [2.75, 3.05) is 24.3 Å². The molecule has 1 spiro atoms. The van der Waals surface area contributed by atoms with Gasteiger partial charge >= 0.3 is 0 Å². The smallest absolute Gasteiger partial charge is 0.156 e. The lowest BCUT2D eigenvalue weighted by atomic mass is 9.92. The summed E-state index contributed by atoms with van der Waals surface area (Å²) in [5.74, 6) is -0.116. The summed E-state index contributed by atoms with van der Waals surface area (Å²) in [5, 5.41) is 4.48. The summed E-state index contributed by atoms with van der Waals surface area (Å²) in [6, 6.07) is 8.03. The number of nitrogens with two attached hydrogens (primary N) is 1. The number of pyridine rings is 2. The number of amidine groups is 1. The largest absolute Gasteiger partial charge is 0.386 e. The number of halogens is 2. The van der Waals surface area contributed by atoms with Crippen LogP contribution in [0.4, 0.5) is 15.9 Å². The van der Waals surface area contributed by atoms with Gasteiger partial charge in [0.25, 0.3) is 0 Å². The predicted octanol–water partition coefficient (Wildman–Crippen LogP) is 4.66. The second kappa shape index (κ2) is 7.78. The van der Waals surface area contributed by atoms with Gasteiger partial charge in [-0.25, -0.2) is 9.37 Å². The predicted molar refractivity (Wildman–Crippen MR) is 129 cm³/mol. The van der Waals surface area contributed by atoms with Crippen molar-refractivity contribution in [1.29, 1.82) is 0 Å². The molecule has 2 aliphatic rings. The zero-order valence-corrected chi connectivity index (χ0v) is 19.3. The normalized spacial score (nSPS) is 27.5. The van der Waals surface area contributed by atoms with Crippen LogP contribution in [-0.2, 0) is 10.3 Å². The van der Waals surface area contributed by atoms with Crippen LogP contribution in [-0.4, -0.2) is 48.6 Å². The van der Waals surface area contributed by atoms with Crippen LogP contribution in [0.5, 0.6) is 0 Å². The molecule has 1 fully saturated rings. The molecule has 1 aromatic carbocycles. The molecule has 2 aliphatic heterocycles. The second-order valence-electron chi connectivity index (χ2n) is 8.58. The Kier molecular flexibility index (Phi) is 5.26. The number of aliphatic imine (C=N–C) groups is 1. The van der Waals surface area contributed by atoms with E-state index in [1.54, 1.807) is 37.4 Å². The highest BCUT2D eigenvalue weighted by Crippen LogP contribution is 2.62. The maximum atomic E-state index is 15.0. The van der Waals surface area contributed by atoms with Crippen molar-refractivity contribution in [1.82, 2.24) is 9.97 Å². The van der Waals surface area contributed by atoms with Crippen LogP contribution in [0, 0.1) is 5.82 Å². The third-order valence-corrected chi connectivity index (χ3v) is 9.26.